The van der Waals surface area contributed by atoms with Gasteiger partial charge in [0.1, 0.15) is 34.5 Å². The molecule has 2 aliphatic heterocycles. The number of fused-ring (bicyclic) bond motifs is 4. The van der Waals surface area contributed by atoms with Crippen LogP contribution < -0.4 is 53.4 Å². The summed E-state index contributed by atoms with van der Waals surface area (Å²) in [7, 11) is 1.02. The van der Waals surface area contributed by atoms with Gasteiger partial charge in [0, 0.05) is 9.79 Å². The molecule has 0 amide bonds. The van der Waals surface area contributed by atoms with Crippen LogP contribution in [0.3, 0.4) is 0 Å². The Kier molecular flexibility index (Phi) is 10.0. The molecule has 0 fully saturated rings. The van der Waals surface area contributed by atoms with Crippen molar-refractivity contribution in [3.8, 4) is 23.0 Å². The van der Waals surface area contributed by atoms with Crippen LogP contribution in [-0.4, -0.2) is 28.4 Å². The molecular weight excluding hydrogens is 630 g/mol. The van der Waals surface area contributed by atoms with Crippen LogP contribution in [0, 0.1) is 0 Å². The maximum atomic E-state index is 13.9. The van der Waals surface area contributed by atoms with Crippen molar-refractivity contribution >= 4 is 55.0 Å². The first-order valence-electron chi connectivity index (χ1n) is 13.0. The molecule has 44 heavy (non-hydrogen) atoms. The van der Waals surface area contributed by atoms with Gasteiger partial charge in [-0.15, -0.1) is 0 Å². The normalized spacial score (nSPS) is 13.1. The Morgan fingerprint density at radius 3 is 1.32 bits per heavy atom. The van der Waals surface area contributed by atoms with E-state index in [0.717, 1.165) is 20.9 Å². The second-order valence-electron chi connectivity index (χ2n) is 9.28. The van der Waals surface area contributed by atoms with Crippen molar-refractivity contribution < 1.29 is 67.0 Å². The third-order valence-electron chi connectivity index (χ3n) is 6.79. The quantitative estimate of drug-likeness (QED) is 0.194. The number of hydrogen-bond donors (Lipinski definition) is 0. The molecule has 4 aromatic carbocycles. The van der Waals surface area contributed by atoms with Gasteiger partial charge in [0.25, 0.3) is 0 Å². The molecule has 12 heteroatoms. The molecule has 0 saturated heterocycles. The zero-order chi connectivity index (χ0) is 30.1. The molecule has 0 aromatic heterocycles. The first-order valence-corrected chi connectivity index (χ1v) is 16.1. The van der Waals surface area contributed by atoms with Crippen LogP contribution in [0.1, 0.15) is 22.3 Å². The van der Waals surface area contributed by atoms with Gasteiger partial charge in [-0.1, -0.05) is 59.9 Å². The van der Waals surface area contributed by atoms with E-state index >= 15 is 0 Å². The molecule has 0 atom stereocenters. The van der Waals surface area contributed by atoms with Crippen LogP contribution >= 0.6 is 31.3 Å². The molecular formula is C32H26NaO8PS2. The summed E-state index contributed by atoms with van der Waals surface area (Å²) < 4.78 is 48.1. The van der Waals surface area contributed by atoms with Crippen LogP contribution in [0.25, 0.3) is 23.7 Å². The predicted molar refractivity (Wildman–Crippen MR) is 166 cm³/mol. The van der Waals surface area contributed by atoms with Crippen LogP contribution in [0.5, 0.6) is 23.0 Å². The van der Waals surface area contributed by atoms with E-state index in [1.807, 2.05) is 48.5 Å². The van der Waals surface area contributed by atoms with Crippen molar-refractivity contribution in [2.24, 2.45) is 0 Å². The van der Waals surface area contributed by atoms with Crippen molar-refractivity contribution in [2.75, 3.05) is 28.4 Å². The fraction of sp³-hybridized carbons (Fsp3) is 0.125. The molecule has 220 valence electrons. The van der Waals surface area contributed by atoms with Gasteiger partial charge in [0.2, 0.25) is 0 Å². The molecule has 6 rings (SSSR count). The second-order valence-corrected chi connectivity index (χ2v) is 12.6. The van der Waals surface area contributed by atoms with Crippen LogP contribution in [0.2, 0.25) is 0 Å². The minimum Gasteiger partial charge on any atom is -0.736 e. The van der Waals surface area contributed by atoms with E-state index in [1.165, 1.54) is 37.7 Å². The van der Waals surface area contributed by atoms with Crippen molar-refractivity contribution in [1.29, 1.82) is 0 Å². The van der Waals surface area contributed by atoms with E-state index < -0.39 is 7.82 Å². The predicted octanol–water partition coefficient (Wildman–Crippen LogP) is 4.85. The van der Waals surface area contributed by atoms with E-state index in [-0.39, 0.29) is 41.1 Å². The number of phosphoric ester groups is 1. The summed E-state index contributed by atoms with van der Waals surface area (Å²) in [4.78, 5) is 17.0. The summed E-state index contributed by atoms with van der Waals surface area (Å²) in [6.45, 7) is 0. The van der Waals surface area contributed by atoms with E-state index in [0.29, 0.717) is 43.9 Å². The topological polar surface area (TPSA) is 95.5 Å². The van der Waals surface area contributed by atoms with Crippen molar-refractivity contribution in [3.05, 3.63) is 95.1 Å². The molecule has 0 aliphatic carbocycles. The number of benzene rings is 4. The van der Waals surface area contributed by atoms with E-state index in [9.17, 15) is 9.46 Å². The van der Waals surface area contributed by atoms with Crippen LogP contribution in [0.15, 0.2) is 92.4 Å². The fourth-order valence-corrected chi connectivity index (χ4v) is 8.00. The summed E-state index contributed by atoms with van der Waals surface area (Å²) in [6, 6.07) is 22.1. The number of methoxy groups -OCH3 is 4. The zero-order valence-corrected chi connectivity index (χ0v) is 29.1. The van der Waals surface area contributed by atoms with Crippen molar-refractivity contribution in [2.45, 2.75) is 19.6 Å². The number of ether oxygens (including phenoxy) is 4. The van der Waals surface area contributed by atoms with Gasteiger partial charge in [-0.2, -0.15) is 0 Å². The third kappa shape index (κ3) is 6.26. The smallest absolute Gasteiger partial charge is 0.736 e. The summed E-state index contributed by atoms with van der Waals surface area (Å²) in [5.41, 5.74) is 2.38. The Hall–Kier alpha value is -2.95. The number of hydrogen-bond acceptors (Lipinski definition) is 10. The van der Waals surface area contributed by atoms with E-state index in [2.05, 4.69) is 0 Å². The summed E-state index contributed by atoms with van der Waals surface area (Å²) in [5, 5.41) is 0. The Labute approximate surface area is 286 Å². The fourth-order valence-electron chi connectivity index (χ4n) is 4.86. The minimum absolute atomic E-state index is 0. The first-order chi connectivity index (χ1) is 20.9. The molecule has 0 saturated carbocycles. The van der Waals surface area contributed by atoms with Crippen LogP contribution in [-0.2, 0) is 13.6 Å². The maximum absolute atomic E-state index is 13.9. The zero-order valence-electron chi connectivity index (χ0n) is 24.6. The Morgan fingerprint density at radius 1 is 0.568 bits per heavy atom. The van der Waals surface area contributed by atoms with Crippen LogP contribution in [0.4, 0.5) is 0 Å². The first kappa shape index (κ1) is 32.4. The molecule has 0 unspecified atom stereocenters. The van der Waals surface area contributed by atoms with Gasteiger partial charge in [-0.3, -0.25) is 0 Å². The molecule has 4 aromatic rings. The Morgan fingerprint density at radius 2 is 0.932 bits per heavy atom. The number of rotatable bonds is 8. The van der Waals surface area contributed by atoms with Gasteiger partial charge < -0.3 is 32.9 Å². The number of phosphoric acid groups is 1. The second kappa shape index (κ2) is 13.6. The monoisotopic (exact) mass is 656 g/mol. The molecule has 0 spiro atoms. The molecule has 0 N–H and O–H groups in total. The molecule has 2 heterocycles. The maximum Gasteiger partial charge on any atom is 1.00 e. The summed E-state index contributed by atoms with van der Waals surface area (Å²) in [5.74, 6) is 1.97. The largest absolute Gasteiger partial charge is 1.00 e. The van der Waals surface area contributed by atoms with Gasteiger partial charge >= 0.3 is 37.4 Å². The minimum atomic E-state index is -5.11. The standard InChI is InChI=1S/C32H27O8PS2.Na/c1-35-21-13-15-23(37-3)31-29(21)25(17-19-9-5-7-11-27(19)42-31)39-41(33,34)40-26-18-20-10-6-8-12-28(20)43-32-24(38-4)16-14-22(36-2)30(26)32;/h5-18H,1-4H3,(H,33,34);/q;+1/p-1. The average molecular weight is 657 g/mol. The van der Waals surface area contributed by atoms with Crippen molar-refractivity contribution in [3.63, 3.8) is 0 Å². The van der Waals surface area contributed by atoms with Crippen molar-refractivity contribution in [1.82, 2.24) is 0 Å². The van der Waals surface area contributed by atoms with E-state index in [4.69, 9.17) is 28.0 Å². The van der Waals surface area contributed by atoms with Gasteiger partial charge in [-0.05, 0) is 59.7 Å². The average Bonchev–Trinajstić information content (AvgIpc) is 3.27. The molecule has 0 radical (unpaired) electrons. The molecule has 2 aliphatic rings. The van der Waals surface area contributed by atoms with Gasteiger partial charge in [0.15, 0.2) is 0 Å². The van der Waals surface area contributed by atoms with E-state index in [1.54, 1.807) is 50.6 Å². The SMILES string of the molecule is COc1ccc(OC)c2c1Sc1ccccc1C=C2OP(=O)([O-])OC1=Cc2ccccc2Sc2c(OC)ccc(OC)c21.[Na+]. The van der Waals surface area contributed by atoms with Gasteiger partial charge in [-0.25, -0.2) is 4.57 Å². The summed E-state index contributed by atoms with van der Waals surface area (Å²) in [6.07, 6.45) is 3.32. The summed E-state index contributed by atoms with van der Waals surface area (Å²) >= 11 is 2.86. The molecule has 0 bridgehead atoms. The third-order valence-corrected chi connectivity index (χ3v) is 10.0. The Bertz CT molecular complexity index is 1710. The molecule has 8 nitrogen and oxygen atoms in total. The Balaban J connectivity index is 0.00000384. The van der Waals surface area contributed by atoms with Gasteiger partial charge in [0.05, 0.1) is 49.4 Å².